The summed E-state index contributed by atoms with van der Waals surface area (Å²) in [4.78, 5) is 12.3. The molecule has 0 saturated heterocycles. The Morgan fingerprint density at radius 2 is 2.14 bits per heavy atom. The van der Waals surface area contributed by atoms with Crippen LogP contribution in [0.4, 0.5) is 16.0 Å². The molecule has 0 fully saturated rings. The highest BCUT2D eigenvalue weighted by Crippen LogP contribution is 2.26. The summed E-state index contributed by atoms with van der Waals surface area (Å²) in [5.74, 6) is 0.390. The number of nitrogen functional groups attached to an aromatic ring is 1. The SMILES string of the molecule is CC(Nc1nc(Br)cnc1N)c1cc(F)c2ncccc2c1. The molecule has 1 aromatic carbocycles. The summed E-state index contributed by atoms with van der Waals surface area (Å²) < 4.78 is 14.7. The molecule has 0 saturated carbocycles. The number of nitrogens with zero attached hydrogens (tertiary/aromatic N) is 3. The molecule has 0 radical (unpaired) electrons. The van der Waals surface area contributed by atoms with Crippen molar-refractivity contribution in [2.75, 3.05) is 11.1 Å². The number of benzene rings is 1. The van der Waals surface area contributed by atoms with E-state index in [0.29, 0.717) is 15.9 Å². The first-order valence-electron chi connectivity index (χ1n) is 6.63. The number of fused-ring (bicyclic) bond motifs is 1. The van der Waals surface area contributed by atoms with Crippen LogP contribution >= 0.6 is 15.9 Å². The number of halogens is 2. The van der Waals surface area contributed by atoms with E-state index in [1.807, 2.05) is 19.1 Å². The molecule has 1 unspecified atom stereocenters. The number of hydrogen-bond acceptors (Lipinski definition) is 5. The normalized spacial score (nSPS) is 12.3. The Morgan fingerprint density at radius 3 is 2.95 bits per heavy atom. The van der Waals surface area contributed by atoms with E-state index in [4.69, 9.17) is 5.73 Å². The zero-order chi connectivity index (χ0) is 15.7. The van der Waals surface area contributed by atoms with Gasteiger partial charge in [-0.3, -0.25) is 4.98 Å². The number of hydrogen-bond donors (Lipinski definition) is 2. The minimum Gasteiger partial charge on any atom is -0.381 e. The van der Waals surface area contributed by atoms with E-state index in [1.54, 1.807) is 12.3 Å². The Hall–Kier alpha value is -2.28. The van der Waals surface area contributed by atoms with Gasteiger partial charge in [0.05, 0.1) is 12.2 Å². The molecule has 0 bridgehead atoms. The van der Waals surface area contributed by atoms with Gasteiger partial charge in [-0.2, -0.15) is 0 Å². The van der Waals surface area contributed by atoms with Gasteiger partial charge in [0.1, 0.15) is 15.9 Å². The van der Waals surface area contributed by atoms with Gasteiger partial charge < -0.3 is 11.1 Å². The summed E-state index contributed by atoms with van der Waals surface area (Å²) in [7, 11) is 0. The van der Waals surface area contributed by atoms with Gasteiger partial charge in [-0.25, -0.2) is 14.4 Å². The second-order valence-corrected chi connectivity index (χ2v) is 5.68. The predicted octanol–water partition coefficient (Wildman–Crippen LogP) is 3.68. The van der Waals surface area contributed by atoms with E-state index in [0.717, 1.165) is 10.9 Å². The largest absolute Gasteiger partial charge is 0.381 e. The van der Waals surface area contributed by atoms with Gasteiger partial charge in [-0.05, 0) is 46.6 Å². The predicted molar refractivity (Wildman–Crippen MR) is 87.9 cm³/mol. The molecule has 2 heterocycles. The van der Waals surface area contributed by atoms with Gasteiger partial charge in [0.15, 0.2) is 11.6 Å². The second-order valence-electron chi connectivity index (χ2n) is 4.87. The summed E-state index contributed by atoms with van der Waals surface area (Å²) in [5, 5.41) is 3.89. The fraction of sp³-hybridized carbons (Fsp3) is 0.133. The van der Waals surface area contributed by atoms with Crippen molar-refractivity contribution in [2.24, 2.45) is 0 Å². The van der Waals surface area contributed by atoms with Gasteiger partial charge in [-0.1, -0.05) is 6.07 Å². The molecule has 5 nitrogen and oxygen atoms in total. The summed E-state index contributed by atoms with van der Waals surface area (Å²) in [6, 6.07) is 6.78. The van der Waals surface area contributed by atoms with Gasteiger partial charge in [-0.15, -0.1) is 0 Å². The molecule has 1 atom stereocenters. The molecule has 0 aliphatic heterocycles. The Morgan fingerprint density at radius 1 is 1.32 bits per heavy atom. The average molecular weight is 362 g/mol. The standard InChI is InChI=1S/C15H13BrFN5/c1-8(21-15-14(18)20-7-12(16)22-15)10-5-9-3-2-4-19-13(9)11(17)6-10/h2-8H,1H3,(H2,18,20)(H,21,22). The van der Waals surface area contributed by atoms with E-state index >= 15 is 0 Å². The molecule has 7 heteroatoms. The van der Waals surface area contributed by atoms with Crippen LogP contribution in [0.3, 0.4) is 0 Å². The summed E-state index contributed by atoms with van der Waals surface area (Å²) >= 11 is 3.25. The fourth-order valence-electron chi connectivity index (χ4n) is 2.19. The lowest BCUT2D eigenvalue weighted by Gasteiger charge is -2.16. The maximum atomic E-state index is 14.1. The highest BCUT2D eigenvalue weighted by Gasteiger charge is 2.13. The lowest BCUT2D eigenvalue weighted by molar-refractivity contribution is 0.633. The van der Waals surface area contributed by atoms with Crippen molar-refractivity contribution < 1.29 is 4.39 Å². The van der Waals surface area contributed by atoms with Gasteiger partial charge in [0.25, 0.3) is 0 Å². The maximum absolute atomic E-state index is 14.1. The van der Waals surface area contributed by atoms with Crippen LogP contribution in [0.25, 0.3) is 10.9 Å². The van der Waals surface area contributed by atoms with Crippen molar-refractivity contribution in [1.29, 1.82) is 0 Å². The van der Waals surface area contributed by atoms with Crippen molar-refractivity contribution in [3.8, 4) is 0 Å². The van der Waals surface area contributed by atoms with Gasteiger partial charge in [0, 0.05) is 11.6 Å². The third-order valence-corrected chi connectivity index (χ3v) is 3.69. The van der Waals surface area contributed by atoms with E-state index in [2.05, 4.69) is 36.2 Å². The molecule has 0 spiro atoms. The smallest absolute Gasteiger partial charge is 0.170 e. The van der Waals surface area contributed by atoms with E-state index in [9.17, 15) is 4.39 Å². The van der Waals surface area contributed by atoms with Crippen LogP contribution in [0, 0.1) is 5.82 Å². The van der Waals surface area contributed by atoms with Crippen LogP contribution in [0.15, 0.2) is 41.3 Å². The van der Waals surface area contributed by atoms with Crippen LogP contribution in [0.5, 0.6) is 0 Å². The second kappa shape index (κ2) is 5.84. The molecule has 0 amide bonds. The summed E-state index contributed by atoms with van der Waals surface area (Å²) in [5.41, 5.74) is 6.93. The average Bonchev–Trinajstić information content (AvgIpc) is 2.51. The Labute approximate surface area is 134 Å². The molecule has 3 rings (SSSR count). The highest BCUT2D eigenvalue weighted by molar-refractivity contribution is 9.10. The number of anilines is 2. The molecule has 0 aliphatic carbocycles. The van der Waals surface area contributed by atoms with Crippen LogP contribution in [0.2, 0.25) is 0 Å². The molecule has 3 N–H and O–H groups in total. The molecular formula is C15H13BrFN5. The molecule has 2 aromatic heterocycles. The molecule has 22 heavy (non-hydrogen) atoms. The topological polar surface area (TPSA) is 76.7 Å². The van der Waals surface area contributed by atoms with Crippen molar-refractivity contribution in [2.45, 2.75) is 13.0 Å². The minimum absolute atomic E-state index is 0.190. The van der Waals surface area contributed by atoms with Crippen molar-refractivity contribution in [1.82, 2.24) is 15.0 Å². The first-order valence-corrected chi connectivity index (χ1v) is 7.42. The highest BCUT2D eigenvalue weighted by atomic mass is 79.9. The van der Waals surface area contributed by atoms with Crippen molar-refractivity contribution in [3.05, 3.63) is 52.6 Å². The maximum Gasteiger partial charge on any atom is 0.170 e. The lowest BCUT2D eigenvalue weighted by atomic mass is 10.0. The van der Waals surface area contributed by atoms with Crippen molar-refractivity contribution >= 4 is 38.5 Å². The number of aromatic nitrogens is 3. The van der Waals surface area contributed by atoms with E-state index < -0.39 is 0 Å². The Balaban J connectivity index is 1.95. The van der Waals surface area contributed by atoms with Crippen LogP contribution < -0.4 is 11.1 Å². The van der Waals surface area contributed by atoms with Gasteiger partial charge >= 0.3 is 0 Å². The number of nitrogens with two attached hydrogens (primary N) is 1. The van der Waals surface area contributed by atoms with Crippen LogP contribution in [-0.4, -0.2) is 15.0 Å². The van der Waals surface area contributed by atoms with Crippen LogP contribution in [0.1, 0.15) is 18.5 Å². The van der Waals surface area contributed by atoms with Crippen molar-refractivity contribution in [3.63, 3.8) is 0 Å². The molecule has 112 valence electrons. The first-order chi connectivity index (χ1) is 10.5. The third kappa shape index (κ3) is 2.85. The minimum atomic E-state index is -0.352. The van der Waals surface area contributed by atoms with Crippen LogP contribution in [-0.2, 0) is 0 Å². The number of nitrogens with one attached hydrogen (secondary N) is 1. The third-order valence-electron chi connectivity index (χ3n) is 3.31. The summed E-state index contributed by atoms with van der Waals surface area (Å²) in [6.07, 6.45) is 3.09. The monoisotopic (exact) mass is 361 g/mol. The van der Waals surface area contributed by atoms with Gasteiger partial charge in [0.2, 0.25) is 0 Å². The summed E-state index contributed by atoms with van der Waals surface area (Å²) in [6.45, 7) is 1.90. The zero-order valence-corrected chi connectivity index (χ0v) is 13.3. The molecular weight excluding hydrogens is 349 g/mol. The Bertz CT molecular complexity index is 839. The first kappa shape index (κ1) is 14.6. The van der Waals surface area contributed by atoms with E-state index in [1.165, 1.54) is 12.3 Å². The fourth-order valence-corrected chi connectivity index (χ4v) is 2.47. The number of rotatable bonds is 3. The van der Waals surface area contributed by atoms with E-state index in [-0.39, 0.29) is 17.7 Å². The molecule has 0 aliphatic rings. The molecule has 3 aromatic rings. The Kier molecular flexibility index (Phi) is 3.89. The lowest BCUT2D eigenvalue weighted by Crippen LogP contribution is -2.11. The zero-order valence-electron chi connectivity index (χ0n) is 11.7. The quantitative estimate of drug-likeness (QED) is 0.743. The number of pyridine rings is 1.